The zero-order valence-corrected chi connectivity index (χ0v) is 18.0. The van der Waals surface area contributed by atoms with E-state index in [0.29, 0.717) is 17.8 Å². The fraction of sp³-hybridized carbons (Fsp3) is 0.304. The summed E-state index contributed by atoms with van der Waals surface area (Å²) < 4.78 is 52.3. The molecule has 0 aliphatic carbocycles. The number of carbonyl (C=O) groups is 3. The molecule has 2 aromatic carbocycles. The second kappa shape index (κ2) is 9.91. The van der Waals surface area contributed by atoms with Crippen LogP contribution in [-0.2, 0) is 15.8 Å². The fourth-order valence-corrected chi connectivity index (χ4v) is 3.65. The molecule has 1 aliphatic rings. The minimum absolute atomic E-state index is 0.0491. The van der Waals surface area contributed by atoms with Crippen molar-refractivity contribution in [3.63, 3.8) is 0 Å². The van der Waals surface area contributed by atoms with E-state index in [1.54, 1.807) is 30.3 Å². The predicted molar refractivity (Wildman–Crippen MR) is 113 cm³/mol. The molecule has 3 rings (SSSR count). The fourth-order valence-electron chi connectivity index (χ4n) is 3.65. The minimum Gasteiger partial charge on any atom is -0.332 e. The summed E-state index contributed by atoms with van der Waals surface area (Å²) >= 11 is 0. The third kappa shape index (κ3) is 5.51. The molecule has 0 radical (unpaired) electrons. The second-order valence-electron chi connectivity index (χ2n) is 7.83. The minimum atomic E-state index is -4.99. The van der Waals surface area contributed by atoms with E-state index in [1.165, 1.54) is 11.9 Å². The van der Waals surface area contributed by atoms with Crippen molar-refractivity contribution in [2.45, 2.75) is 18.6 Å². The molecule has 2 unspecified atom stereocenters. The van der Waals surface area contributed by atoms with E-state index >= 15 is 0 Å². The number of halogens is 4. The first-order valence-corrected chi connectivity index (χ1v) is 10.2. The number of nitrogens with zero attached hydrogens (tertiary/aromatic N) is 3. The summed E-state index contributed by atoms with van der Waals surface area (Å²) in [5.74, 6) is -4.10. The number of carbonyl (C=O) groups excluding carboxylic acids is 3. The molecule has 0 bridgehead atoms. The smallest absolute Gasteiger partial charge is 0.332 e. The Hall–Kier alpha value is -3.94. The topological polar surface area (TPSA) is 93.5 Å². The van der Waals surface area contributed by atoms with Crippen molar-refractivity contribution < 1.29 is 31.9 Å². The maximum atomic E-state index is 13.5. The van der Waals surface area contributed by atoms with Crippen LogP contribution in [0.2, 0.25) is 0 Å². The van der Waals surface area contributed by atoms with Gasteiger partial charge in [-0.3, -0.25) is 14.4 Å². The van der Waals surface area contributed by atoms with Crippen molar-refractivity contribution in [3.05, 3.63) is 65.5 Å². The van der Waals surface area contributed by atoms with Gasteiger partial charge in [0, 0.05) is 24.8 Å². The van der Waals surface area contributed by atoms with Gasteiger partial charge in [-0.15, -0.1) is 0 Å². The van der Waals surface area contributed by atoms with Gasteiger partial charge in [-0.25, -0.2) is 4.39 Å². The monoisotopic (exact) mass is 476 g/mol. The van der Waals surface area contributed by atoms with Crippen LogP contribution in [-0.4, -0.2) is 53.7 Å². The molecule has 7 nitrogen and oxygen atoms in total. The normalized spacial score (nSPS) is 17.7. The Labute approximate surface area is 192 Å². The third-order valence-electron chi connectivity index (χ3n) is 5.42. The van der Waals surface area contributed by atoms with Crippen LogP contribution >= 0.6 is 0 Å². The Kier molecular flexibility index (Phi) is 7.20. The van der Waals surface area contributed by atoms with Crippen molar-refractivity contribution in [3.8, 4) is 6.07 Å². The molecule has 3 amide bonds. The first-order chi connectivity index (χ1) is 16.0. The number of amides is 3. The quantitative estimate of drug-likeness (QED) is 0.671. The Morgan fingerprint density at radius 3 is 2.47 bits per heavy atom. The van der Waals surface area contributed by atoms with Crippen LogP contribution in [0.4, 0.5) is 23.2 Å². The zero-order valence-electron chi connectivity index (χ0n) is 18.0. The highest BCUT2D eigenvalue weighted by atomic mass is 19.4. The van der Waals surface area contributed by atoms with E-state index in [0.717, 1.165) is 11.0 Å². The molecular formula is C23H20F4N4O3. The Morgan fingerprint density at radius 1 is 1.18 bits per heavy atom. The van der Waals surface area contributed by atoms with E-state index in [1.807, 2.05) is 6.07 Å². The van der Waals surface area contributed by atoms with Gasteiger partial charge in [-0.1, -0.05) is 18.2 Å². The number of benzene rings is 2. The van der Waals surface area contributed by atoms with Crippen LogP contribution < -0.4 is 5.32 Å². The number of rotatable bonds is 5. The van der Waals surface area contributed by atoms with E-state index in [9.17, 15) is 37.2 Å². The van der Waals surface area contributed by atoms with Crippen LogP contribution in [0.1, 0.15) is 22.3 Å². The van der Waals surface area contributed by atoms with Crippen molar-refractivity contribution in [2.75, 3.05) is 25.5 Å². The molecule has 34 heavy (non-hydrogen) atoms. The summed E-state index contributed by atoms with van der Waals surface area (Å²) in [4.78, 5) is 39.9. The molecule has 0 aromatic heterocycles. The van der Waals surface area contributed by atoms with E-state index < -0.39 is 53.4 Å². The number of alkyl halides is 3. The van der Waals surface area contributed by atoms with Crippen LogP contribution in [0, 0.1) is 23.1 Å². The van der Waals surface area contributed by atoms with Gasteiger partial charge >= 0.3 is 6.18 Å². The molecule has 1 fully saturated rings. The highest BCUT2D eigenvalue weighted by Crippen LogP contribution is 2.32. The van der Waals surface area contributed by atoms with Gasteiger partial charge in [0.1, 0.15) is 11.9 Å². The predicted octanol–water partition coefficient (Wildman–Crippen LogP) is 3.30. The van der Waals surface area contributed by atoms with E-state index in [2.05, 4.69) is 5.32 Å². The van der Waals surface area contributed by atoms with Crippen LogP contribution in [0.5, 0.6) is 0 Å². The Balaban J connectivity index is 1.66. The third-order valence-corrected chi connectivity index (χ3v) is 5.42. The molecular weight excluding hydrogens is 456 g/mol. The van der Waals surface area contributed by atoms with Gasteiger partial charge in [0.15, 0.2) is 0 Å². The number of nitrogens with one attached hydrogen (secondary N) is 1. The molecule has 1 saturated heterocycles. The van der Waals surface area contributed by atoms with Gasteiger partial charge in [0.05, 0.1) is 24.1 Å². The summed E-state index contributed by atoms with van der Waals surface area (Å²) in [5.41, 5.74) is -1.47. The lowest BCUT2D eigenvalue weighted by Gasteiger charge is -2.24. The molecule has 1 N–H and O–H groups in total. The second-order valence-corrected chi connectivity index (χ2v) is 7.83. The maximum Gasteiger partial charge on any atom is 0.419 e. The number of likely N-dealkylation sites (tertiary alicyclic amines) is 1. The summed E-state index contributed by atoms with van der Waals surface area (Å²) in [7, 11) is 1.20. The number of para-hydroxylation sites is 1. The van der Waals surface area contributed by atoms with Crippen molar-refractivity contribution in [1.82, 2.24) is 9.80 Å². The van der Waals surface area contributed by atoms with Gasteiger partial charge in [-0.05, 0) is 36.8 Å². The molecule has 11 heteroatoms. The van der Waals surface area contributed by atoms with Crippen molar-refractivity contribution >= 4 is 23.4 Å². The summed E-state index contributed by atoms with van der Waals surface area (Å²) in [6, 6.07) is 11.5. The van der Waals surface area contributed by atoms with Crippen LogP contribution in [0.3, 0.4) is 0 Å². The van der Waals surface area contributed by atoms with E-state index in [-0.39, 0.29) is 18.9 Å². The molecule has 0 saturated carbocycles. The number of nitriles is 1. The van der Waals surface area contributed by atoms with Crippen molar-refractivity contribution in [1.29, 1.82) is 5.26 Å². The van der Waals surface area contributed by atoms with Crippen molar-refractivity contribution in [2.24, 2.45) is 5.92 Å². The standard InChI is InChI=1S/C23H20F4N4O3/c1-30(22(34)14-7-8-19(24)18(10-14)23(25,26)27)13-20(32)31-12-15(9-17(31)11-28)21(33)29-16-5-3-2-4-6-16/h2-8,10,15,17H,9,12-13H2,1H3,(H,29,33). The first kappa shape index (κ1) is 24.7. The highest BCUT2D eigenvalue weighted by molar-refractivity contribution is 5.97. The number of hydrogen-bond donors (Lipinski definition) is 1. The average molecular weight is 476 g/mol. The van der Waals surface area contributed by atoms with E-state index in [4.69, 9.17) is 0 Å². The SMILES string of the molecule is CN(CC(=O)N1CC(C(=O)Nc2ccccc2)CC1C#N)C(=O)c1ccc(F)c(C(F)(F)F)c1. The highest BCUT2D eigenvalue weighted by Gasteiger charge is 2.39. The van der Waals surface area contributed by atoms with Gasteiger partial charge < -0.3 is 15.1 Å². The Morgan fingerprint density at radius 2 is 1.85 bits per heavy atom. The van der Waals surface area contributed by atoms with Gasteiger partial charge in [-0.2, -0.15) is 18.4 Å². The lowest BCUT2D eigenvalue weighted by Crippen LogP contribution is -2.43. The van der Waals surface area contributed by atoms with Gasteiger partial charge in [0.2, 0.25) is 11.8 Å². The Bertz CT molecular complexity index is 1130. The lowest BCUT2D eigenvalue weighted by atomic mass is 10.1. The van der Waals surface area contributed by atoms with Gasteiger partial charge in [0.25, 0.3) is 5.91 Å². The molecule has 0 spiro atoms. The number of likely N-dealkylation sites (N-methyl/N-ethyl adjacent to an activating group) is 1. The summed E-state index contributed by atoms with van der Waals surface area (Å²) in [5, 5.41) is 12.1. The van der Waals surface area contributed by atoms with Crippen LogP contribution in [0.25, 0.3) is 0 Å². The molecule has 178 valence electrons. The number of hydrogen-bond acceptors (Lipinski definition) is 4. The first-order valence-electron chi connectivity index (χ1n) is 10.2. The maximum absolute atomic E-state index is 13.5. The summed E-state index contributed by atoms with van der Waals surface area (Å²) in [6.07, 6.45) is -4.88. The largest absolute Gasteiger partial charge is 0.419 e. The van der Waals surface area contributed by atoms with Crippen LogP contribution in [0.15, 0.2) is 48.5 Å². The molecule has 1 heterocycles. The molecule has 2 aromatic rings. The average Bonchev–Trinajstić information content (AvgIpc) is 3.23. The zero-order chi connectivity index (χ0) is 25.0. The molecule has 2 atom stereocenters. The number of anilines is 1. The molecule has 1 aliphatic heterocycles. The summed E-state index contributed by atoms with van der Waals surface area (Å²) in [6.45, 7) is -0.588. The lowest BCUT2D eigenvalue weighted by molar-refractivity contribution is -0.140.